The van der Waals surface area contributed by atoms with Gasteiger partial charge >= 0.3 is 0 Å². The molecule has 0 amide bonds. The Hall–Kier alpha value is -0.640. The molecule has 0 saturated heterocycles. The van der Waals surface area contributed by atoms with Crippen molar-refractivity contribution in [2.75, 3.05) is 7.05 Å². The van der Waals surface area contributed by atoms with Crippen molar-refractivity contribution in [3.05, 3.63) is 34.6 Å². The lowest BCUT2D eigenvalue weighted by molar-refractivity contribution is 0.0106. The molecule has 0 atom stereocenters. The molecule has 1 N–H and O–H groups in total. The third-order valence-corrected chi connectivity index (χ3v) is 3.80. The van der Waals surface area contributed by atoms with E-state index in [0.717, 1.165) is 25.7 Å². The van der Waals surface area contributed by atoms with Gasteiger partial charge in [-0.25, -0.2) is 4.39 Å². The van der Waals surface area contributed by atoms with Crippen molar-refractivity contribution in [3.63, 3.8) is 0 Å². The van der Waals surface area contributed by atoms with E-state index in [-0.39, 0.29) is 11.9 Å². The number of halogens is 2. The summed E-state index contributed by atoms with van der Waals surface area (Å²) in [5, 5.41) is 3.83. The highest BCUT2D eigenvalue weighted by molar-refractivity contribution is 6.30. The van der Waals surface area contributed by atoms with E-state index in [4.69, 9.17) is 16.3 Å². The monoisotopic (exact) mass is 271 g/mol. The lowest BCUT2D eigenvalue weighted by Crippen LogP contribution is -2.32. The summed E-state index contributed by atoms with van der Waals surface area (Å²) in [7, 11) is 1.99. The average molecular weight is 272 g/mol. The zero-order valence-electron chi connectivity index (χ0n) is 10.6. The lowest BCUT2D eigenvalue weighted by atomic mass is 9.93. The fourth-order valence-corrected chi connectivity index (χ4v) is 2.57. The van der Waals surface area contributed by atoms with Gasteiger partial charge in [-0.15, -0.1) is 0 Å². The van der Waals surface area contributed by atoms with Crippen LogP contribution in [0.4, 0.5) is 4.39 Å². The van der Waals surface area contributed by atoms with Gasteiger partial charge in [-0.05, 0) is 50.9 Å². The van der Waals surface area contributed by atoms with Crippen LogP contribution in [-0.2, 0) is 11.3 Å². The Labute approximate surface area is 112 Å². The first kappa shape index (κ1) is 13.8. The van der Waals surface area contributed by atoms with Crippen LogP contribution in [0.25, 0.3) is 0 Å². The highest BCUT2D eigenvalue weighted by Gasteiger charge is 2.20. The second-order valence-electron chi connectivity index (χ2n) is 4.81. The largest absolute Gasteiger partial charge is 0.373 e. The maximum Gasteiger partial charge on any atom is 0.128 e. The van der Waals surface area contributed by atoms with Gasteiger partial charge in [0.15, 0.2) is 0 Å². The zero-order chi connectivity index (χ0) is 13.0. The molecule has 1 fully saturated rings. The Morgan fingerprint density at radius 2 is 2.06 bits per heavy atom. The molecule has 4 heteroatoms. The van der Waals surface area contributed by atoms with Crippen LogP contribution in [0.3, 0.4) is 0 Å². The van der Waals surface area contributed by atoms with Gasteiger partial charge in [0.25, 0.3) is 0 Å². The van der Waals surface area contributed by atoms with E-state index >= 15 is 0 Å². The molecule has 18 heavy (non-hydrogen) atoms. The van der Waals surface area contributed by atoms with Crippen molar-refractivity contribution in [3.8, 4) is 0 Å². The highest BCUT2D eigenvalue weighted by Crippen LogP contribution is 2.23. The molecule has 1 saturated carbocycles. The van der Waals surface area contributed by atoms with E-state index in [0.29, 0.717) is 23.2 Å². The number of benzene rings is 1. The van der Waals surface area contributed by atoms with Crippen molar-refractivity contribution >= 4 is 11.6 Å². The maximum atomic E-state index is 13.5. The van der Waals surface area contributed by atoms with Crippen LogP contribution in [0, 0.1) is 5.82 Å². The summed E-state index contributed by atoms with van der Waals surface area (Å²) < 4.78 is 19.3. The van der Waals surface area contributed by atoms with E-state index in [9.17, 15) is 4.39 Å². The quantitative estimate of drug-likeness (QED) is 0.905. The number of hydrogen-bond donors (Lipinski definition) is 1. The van der Waals surface area contributed by atoms with Crippen LogP contribution < -0.4 is 5.32 Å². The molecule has 2 nitrogen and oxygen atoms in total. The third kappa shape index (κ3) is 3.67. The standard InChI is InChI=1S/C14H19ClFNO/c1-17-12-3-5-13(6-4-12)18-9-10-8-11(15)2-7-14(10)16/h2,7-8,12-13,17H,3-6,9H2,1H3. The first-order valence-corrected chi connectivity index (χ1v) is 6.79. The topological polar surface area (TPSA) is 21.3 Å². The van der Waals surface area contributed by atoms with Gasteiger partial charge in [0.1, 0.15) is 5.82 Å². The van der Waals surface area contributed by atoms with Gasteiger partial charge in [-0.2, -0.15) is 0 Å². The van der Waals surface area contributed by atoms with Gasteiger partial charge in [0, 0.05) is 16.6 Å². The second kappa shape index (κ2) is 6.50. The van der Waals surface area contributed by atoms with Crippen LogP contribution in [-0.4, -0.2) is 19.2 Å². The summed E-state index contributed by atoms with van der Waals surface area (Å²) in [6.45, 7) is 0.307. The van der Waals surface area contributed by atoms with Crippen LogP contribution in [0.15, 0.2) is 18.2 Å². The molecule has 0 aromatic heterocycles. The predicted molar refractivity (Wildman–Crippen MR) is 71.3 cm³/mol. The Morgan fingerprint density at radius 1 is 1.33 bits per heavy atom. The smallest absolute Gasteiger partial charge is 0.128 e. The van der Waals surface area contributed by atoms with Gasteiger partial charge < -0.3 is 10.1 Å². The maximum absolute atomic E-state index is 13.5. The van der Waals surface area contributed by atoms with E-state index < -0.39 is 0 Å². The summed E-state index contributed by atoms with van der Waals surface area (Å²) in [4.78, 5) is 0. The molecule has 1 aromatic rings. The molecule has 1 aromatic carbocycles. The van der Waals surface area contributed by atoms with Crippen molar-refractivity contribution in [1.82, 2.24) is 5.32 Å². The second-order valence-corrected chi connectivity index (χ2v) is 5.25. The van der Waals surface area contributed by atoms with Crippen molar-refractivity contribution < 1.29 is 9.13 Å². The first-order chi connectivity index (χ1) is 8.69. The minimum atomic E-state index is -0.247. The summed E-state index contributed by atoms with van der Waals surface area (Å²) in [6.07, 6.45) is 4.56. The van der Waals surface area contributed by atoms with Gasteiger partial charge in [-0.1, -0.05) is 11.6 Å². The molecule has 0 unspecified atom stereocenters. The minimum absolute atomic E-state index is 0.244. The fourth-order valence-electron chi connectivity index (χ4n) is 2.38. The summed E-state index contributed by atoms with van der Waals surface area (Å²) >= 11 is 5.85. The van der Waals surface area contributed by atoms with Gasteiger partial charge in [0.2, 0.25) is 0 Å². The van der Waals surface area contributed by atoms with E-state index in [1.165, 1.54) is 6.07 Å². The first-order valence-electron chi connectivity index (χ1n) is 6.42. The Kier molecular flexibility index (Phi) is 4.98. The molecular formula is C14H19ClFNO. The fraction of sp³-hybridized carbons (Fsp3) is 0.571. The summed E-state index contributed by atoms with van der Waals surface area (Å²) in [5.41, 5.74) is 0.540. The molecule has 0 radical (unpaired) electrons. The number of hydrogen-bond acceptors (Lipinski definition) is 2. The molecule has 0 heterocycles. The molecule has 1 aliphatic rings. The lowest BCUT2D eigenvalue weighted by Gasteiger charge is -2.28. The van der Waals surface area contributed by atoms with Crippen LogP contribution >= 0.6 is 11.6 Å². The molecule has 1 aliphatic carbocycles. The van der Waals surface area contributed by atoms with E-state index in [1.54, 1.807) is 12.1 Å². The van der Waals surface area contributed by atoms with Crippen LogP contribution in [0.5, 0.6) is 0 Å². The summed E-state index contributed by atoms with van der Waals surface area (Å²) in [6, 6.07) is 5.18. The number of ether oxygens (including phenoxy) is 1. The average Bonchev–Trinajstić information content (AvgIpc) is 2.40. The number of rotatable bonds is 4. The Morgan fingerprint density at radius 3 is 2.72 bits per heavy atom. The molecular weight excluding hydrogens is 253 g/mol. The van der Waals surface area contributed by atoms with Crippen molar-refractivity contribution in [1.29, 1.82) is 0 Å². The van der Waals surface area contributed by atoms with Gasteiger partial charge in [0.05, 0.1) is 12.7 Å². The minimum Gasteiger partial charge on any atom is -0.373 e. The molecule has 0 aliphatic heterocycles. The number of nitrogens with one attached hydrogen (secondary N) is 1. The normalized spacial score (nSPS) is 24.2. The van der Waals surface area contributed by atoms with Crippen LogP contribution in [0.2, 0.25) is 5.02 Å². The predicted octanol–water partition coefficient (Wildman–Crippen LogP) is 3.53. The van der Waals surface area contributed by atoms with E-state index in [1.807, 2.05) is 7.05 Å². The summed E-state index contributed by atoms with van der Waals surface area (Å²) in [5.74, 6) is -0.247. The Balaban J connectivity index is 1.83. The molecule has 100 valence electrons. The molecule has 2 rings (SSSR count). The highest BCUT2D eigenvalue weighted by atomic mass is 35.5. The van der Waals surface area contributed by atoms with Crippen molar-refractivity contribution in [2.24, 2.45) is 0 Å². The van der Waals surface area contributed by atoms with Crippen LogP contribution in [0.1, 0.15) is 31.2 Å². The van der Waals surface area contributed by atoms with E-state index in [2.05, 4.69) is 5.32 Å². The van der Waals surface area contributed by atoms with Crippen molar-refractivity contribution in [2.45, 2.75) is 44.4 Å². The zero-order valence-corrected chi connectivity index (χ0v) is 11.3. The molecule has 0 bridgehead atoms. The van der Waals surface area contributed by atoms with Gasteiger partial charge in [-0.3, -0.25) is 0 Å². The SMILES string of the molecule is CNC1CCC(OCc2cc(Cl)ccc2F)CC1. The third-order valence-electron chi connectivity index (χ3n) is 3.56. The Bertz CT molecular complexity index is 391. The molecule has 0 spiro atoms.